The Morgan fingerprint density at radius 1 is 0.917 bits per heavy atom. The van der Waals surface area contributed by atoms with Gasteiger partial charge in [-0.15, -0.1) is 0 Å². The predicted molar refractivity (Wildman–Crippen MR) is 126 cm³/mol. The van der Waals surface area contributed by atoms with E-state index >= 15 is 0 Å². The minimum atomic E-state index is -3.53. The molecule has 0 spiro atoms. The van der Waals surface area contributed by atoms with Crippen LogP contribution in [0.1, 0.15) is 18.9 Å². The van der Waals surface area contributed by atoms with Gasteiger partial charge in [0, 0.05) is 13.1 Å². The van der Waals surface area contributed by atoms with Gasteiger partial charge in [0.2, 0.25) is 12.7 Å². The smallest absolute Gasteiger partial charge is 0.265 e. The van der Waals surface area contributed by atoms with Crippen LogP contribution in [0.4, 0.5) is 5.69 Å². The van der Waals surface area contributed by atoms with E-state index in [2.05, 4.69) is 0 Å². The van der Waals surface area contributed by atoms with E-state index in [1.807, 2.05) is 0 Å². The summed E-state index contributed by atoms with van der Waals surface area (Å²) in [6, 6.07) is 9.52. The van der Waals surface area contributed by atoms with Crippen molar-refractivity contribution in [2.75, 3.05) is 43.7 Å². The number of carbonyl (C=O) groups is 3. The Kier molecular flexibility index (Phi) is 6.20. The lowest BCUT2D eigenvalue weighted by Crippen LogP contribution is -2.51. The molecule has 0 bridgehead atoms. The number of carbonyl (C=O) groups excluding carboxylic acids is 3. The Morgan fingerprint density at radius 2 is 1.64 bits per heavy atom. The Bertz CT molecular complexity index is 1340. The fourth-order valence-electron chi connectivity index (χ4n) is 4.38. The fourth-order valence-corrected chi connectivity index (χ4v) is 5.28. The second-order valence-electron chi connectivity index (χ2n) is 8.55. The van der Waals surface area contributed by atoms with Crippen LogP contribution in [0, 0.1) is 0 Å². The molecule has 0 radical (unpaired) electrons. The molecule has 5 rings (SSSR count). The van der Waals surface area contributed by atoms with Crippen molar-refractivity contribution in [2.45, 2.75) is 24.7 Å². The number of nitrogens with zero attached hydrogens (tertiary/aromatic N) is 3. The van der Waals surface area contributed by atoms with Gasteiger partial charge in [-0.3, -0.25) is 24.3 Å². The van der Waals surface area contributed by atoms with E-state index in [0.717, 1.165) is 5.56 Å². The monoisotopic (exact) mass is 515 g/mol. The van der Waals surface area contributed by atoms with Gasteiger partial charge in [-0.2, -0.15) is 0 Å². The summed E-state index contributed by atoms with van der Waals surface area (Å²) in [4.78, 5) is 40.3. The third-order valence-electron chi connectivity index (χ3n) is 6.31. The predicted octanol–water partition coefficient (Wildman–Crippen LogP) is 1.15. The summed E-state index contributed by atoms with van der Waals surface area (Å²) in [6.07, 6.45) is 0.670. The van der Waals surface area contributed by atoms with Gasteiger partial charge in [-0.05, 0) is 42.3 Å². The van der Waals surface area contributed by atoms with Gasteiger partial charge in [0.25, 0.3) is 11.8 Å². The lowest BCUT2D eigenvalue weighted by Gasteiger charge is -2.33. The second kappa shape index (κ2) is 9.34. The van der Waals surface area contributed by atoms with E-state index in [0.29, 0.717) is 36.8 Å². The summed E-state index contributed by atoms with van der Waals surface area (Å²) in [7, 11) is -3.53. The van der Waals surface area contributed by atoms with Crippen molar-refractivity contribution in [3.63, 3.8) is 0 Å². The molecule has 0 saturated carbocycles. The van der Waals surface area contributed by atoms with E-state index in [-0.39, 0.29) is 48.6 Å². The van der Waals surface area contributed by atoms with E-state index < -0.39 is 21.7 Å². The molecule has 3 aliphatic heterocycles. The molecule has 3 amide bonds. The molecule has 1 saturated heterocycles. The molecule has 3 heterocycles. The normalized spacial score (nSPS) is 16.7. The number of fused-ring (bicyclic) bond motifs is 2. The zero-order valence-electron chi connectivity index (χ0n) is 19.6. The maximum absolute atomic E-state index is 13.3. The molecule has 11 nitrogen and oxygen atoms in total. The van der Waals surface area contributed by atoms with Gasteiger partial charge in [0.1, 0.15) is 12.3 Å². The topological polar surface area (TPSA) is 123 Å². The van der Waals surface area contributed by atoms with Crippen molar-refractivity contribution < 1.29 is 37.0 Å². The van der Waals surface area contributed by atoms with Crippen LogP contribution < -0.4 is 19.1 Å². The van der Waals surface area contributed by atoms with Gasteiger partial charge in [0.05, 0.1) is 22.8 Å². The van der Waals surface area contributed by atoms with Crippen LogP contribution in [0.5, 0.6) is 17.2 Å². The highest BCUT2D eigenvalue weighted by Gasteiger charge is 2.35. The van der Waals surface area contributed by atoms with Gasteiger partial charge in [-0.25, -0.2) is 13.4 Å². The molecule has 0 unspecified atom stereocenters. The number of hydrazine groups is 1. The van der Waals surface area contributed by atoms with Gasteiger partial charge in [-0.1, -0.05) is 13.0 Å². The minimum absolute atomic E-state index is 0.0428. The van der Waals surface area contributed by atoms with E-state index in [9.17, 15) is 22.8 Å². The summed E-state index contributed by atoms with van der Waals surface area (Å²) in [6.45, 7) is 1.76. The number of amides is 3. The van der Waals surface area contributed by atoms with Crippen molar-refractivity contribution in [2.24, 2.45) is 0 Å². The van der Waals surface area contributed by atoms with Crippen LogP contribution in [0.2, 0.25) is 0 Å². The molecule has 2 aromatic rings. The first-order valence-electron chi connectivity index (χ1n) is 11.6. The number of hydrogen-bond donors (Lipinski definition) is 0. The highest BCUT2D eigenvalue weighted by Crippen LogP contribution is 2.35. The highest BCUT2D eigenvalue weighted by atomic mass is 32.2. The number of rotatable bonds is 6. The zero-order valence-corrected chi connectivity index (χ0v) is 20.5. The van der Waals surface area contributed by atoms with Gasteiger partial charge < -0.3 is 14.2 Å². The van der Waals surface area contributed by atoms with Crippen LogP contribution in [-0.2, 0) is 30.6 Å². The third kappa shape index (κ3) is 4.43. The molecule has 0 N–H and O–H groups in total. The lowest BCUT2D eigenvalue weighted by atomic mass is 10.1. The minimum Gasteiger partial charge on any atom is -0.482 e. The van der Waals surface area contributed by atoms with Crippen LogP contribution in [-0.4, -0.2) is 74.9 Å². The number of hydrogen-bond acceptors (Lipinski definition) is 8. The molecular weight excluding hydrogens is 490 g/mol. The summed E-state index contributed by atoms with van der Waals surface area (Å²) in [5, 5.41) is 2.75. The van der Waals surface area contributed by atoms with Gasteiger partial charge in [0.15, 0.2) is 27.9 Å². The van der Waals surface area contributed by atoms with E-state index in [1.165, 1.54) is 40.0 Å². The molecule has 0 aliphatic carbocycles. The average Bonchev–Trinajstić information content (AvgIpc) is 3.55. The number of anilines is 1. The number of sulfone groups is 1. The molecule has 0 atom stereocenters. The summed E-state index contributed by atoms with van der Waals surface area (Å²) in [5.41, 5.74) is 0.942. The van der Waals surface area contributed by atoms with Crippen molar-refractivity contribution in [1.82, 2.24) is 10.0 Å². The third-order valence-corrected chi connectivity index (χ3v) is 8.04. The SMILES string of the molecule is CCS(=O)(=O)c1ccc2c(c1)N(CC(=O)N1CCCN1C(=O)Cc1ccc3c(c1)OCO3)C(=O)CO2. The Balaban J connectivity index is 1.32. The Labute approximate surface area is 208 Å². The van der Waals surface area contributed by atoms with Crippen molar-refractivity contribution in [3.05, 3.63) is 42.0 Å². The highest BCUT2D eigenvalue weighted by molar-refractivity contribution is 7.91. The maximum atomic E-state index is 13.3. The fraction of sp³-hybridized carbons (Fsp3) is 0.375. The van der Waals surface area contributed by atoms with Crippen molar-refractivity contribution in [1.29, 1.82) is 0 Å². The number of benzene rings is 2. The summed E-state index contributed by atoms with van der Waals surface area (Å²) >= 11 is 0. The molecule has 190 valence electrons. The quantitative estimate of drug-likeness (QED) is 0.562. The molecule has 36 heavy (non-hydrogen) atoms. The first-order chi connectivity index (χ1) is 17.3. The second-order valence-corrected chi connectivity index (χ2v) is 10.8. The van der Waals surface area contributed by atoms with Crippen LogP contribution in [0.3, 0.4) is 0 Å². The van der Waals surface area contributed by atoms with E-state index in [4.69, 9.17) is 14.2 Å². The first kappa shape index (κ1) is 23.9. The zero-order chi connectivity index (χ0) is 25.4. The summed E-state index contributed by atoms with van der Waals surface area (Å²) in [5.74, 6) is 0.224. The average molecular weight is 516 g/mol. The van der Waals surface area contributed by atoms with Crippen molar-refractivity contribution >= 4 is 33.2 Å². The standard InChI is InChI=1S/C24H25N3O8S/c1-2-36(31,32)17-5-7-19-18(12-17)25(24(30)14-33-19)13-23(29)27-9-3-8-26(27)22(28)11-16-4-6-20-21(10-16)35-15-34-20/h4-7,10,12H,2-3,8-9,11,13-15H2,1H3. The van der Waals surface area contributed by atoms with E-state index in [1.54, 1.807) is 18.2 Å². The van der Waals surface area contributed by atoms with Crippen LogP contribution >= 0.6 is 0 Å². The Hall–Kier alpha value is -3.80. The molecular formula is C24H25N3O8S. The molecule has 3 aliphatic rings. The molecule has 0 aromatic heterocycles. The number of ether oxygens (including phenoxy) is 3. The molecule has 2 aromatic carbocycles. The van der Waals surface area contributed by atoms with Crippen LogP contribution in [0.15, 0.2) is 41.3 Å². The summed E-state index contributed by atoms with van der Waals surface area (Å²) < 4.78 is 40.8. The molecule has 1 fully saturated rings. The Morgan fingerprint density at radius 3 is 2.42 bits per heavy atom. The largest absolute Gasteiger partial charge is 0.482 e. The molecule has 12 heteroatoms. The van der Waals surface area contributed by atoms with Crippen molar-refractivity contribution in [3.8, 4) is 17.2 Å². The van der Waals surface area contributed by atoms with Gasteiger partial charge >= 0.3 is 0 Å². The lowest BCUT2D eigenvalue weighted by molar-refractivity contribution is -0.156. The van der Waals surface area contributed by atoms with Crippen LogP contribution in [0.25, 0.3) is 0 Å². The maximum Gasteiger partial charge on any atom is 0.265 e. The first-order valence-corrected chi connectivity index (χ1v) is 13.2.